The summed E-state index contributed by atoms with van der Waals surface area (Å²) in [6, 6.07) is 16.5. The molecule has 32 heavy (non-hydrogen) atoms. The highest BCUT2D eigenvalue weighted by Gasteiger charge is 2.39. The maximum absolute atomic E-state index is 12.9. The predicted molar refractivity (Wildman–Crippen MR) is 116 cm³/mol. The third kappa shape index (κ3) is 4.14. The maximum Gasteiger partial charge on any atom is 0.357 e. The van der Waals surface area contributed by atoms with Crippen molar-refractivity contribution in [1.29, 1.82) is 5.26 Å². The molecule has 0 N–H and O–H groups in total. The summed E-state index contributed by atoms with van der Waals surface area (Å²) < 4.78 is 12.2. The van der Waals surface area contributed by atoms with Gasteiger partial charge in [-0.05, 0) is 37.1 Å². The Labute approximate surface area is 186 Å². The summed E-state index contributed by atoms with van der Waals surface area (Å²) in [4.78, 5) is 27.1. The highest BCUT2D eigenvalue weighted by atomic mass is 16.5. The van der Waals surface area contributed by atoms with Gasteiger partial charge in [-0.3, -0.25) is 4.79 Å². The topological polar surface area (TPSA) is 101 Å². The van der Waals surface area contributed by atoms with Gasteiger partial charge in [-0.25, -0.2) is 9.48 Å². The zero-order valence-electron chi connectivity index (χ0n) is 17.9. The van der Waals surface area contributed by atoms with Gasteiger partial charge in [-0.1, -0.05) is 37.5 Å². The van der Waals surface area contributed by atoms with Gasteiger partial charge in [0.15, 0.2) is 18.1 Å². The first-order valence-electron chi connectivity index (χ1n) is 10.6. The minimum absolute atomic E-state index is 0.172. The Morgan fingerprint density at radius 3 is 2.59 bits per heavy atom. The number of carbonyl (C=O) groups is 2. The predicted octanol–water partition coefficient (Wildman–Crippen LogP) is 3.97. The summed E-state index contributed by atoms with van der Waals surface area (Å²) in [5.74, 6) is -0.577. The van der Waals surface area contributed by atoms with Gasteiger partial charge in [0, 0.05) is 13.1 Å². The molecule has 1 fully saturated rings. The Morgan fingerprint density at radius 2 is 1.94 bits per heavy atom. The summed E-state index contributed by atoms with van der Waals surface area (Å²) in [6.45, 7) is -0.450. The van der Waals surface area contributed by atoms with Crippen LogP contribution in [-0.4, -0.2) is 45.8 Å². The smallest absolute Gasteiger partial charge is 0.357 e. The van der Waals surface area contributed by atoms with Crippen molar-refractivity contribution in [3.05, 3.63) is 60.5 Å². The third-order valence-corrected chi connectivity index (χ3v) is 5.92. The lowest BCUT2D eigenvalue weighted by atomic mass is 9.81. The van der Waals surface area contributed by atoms with Crippen LogP contribution in [0.5, 0.6) is 0 Å². The van der Waals surface area contributed by atoms with Crippen LogP contribution in [0.25, 0.3) is 17.1 Å². The Hall–Kier alpha value is -3.86. The highest BCUT2D eigenvalue weighted by molar-refractivity contribution is 5.91. The number of aromatic nitrogens is 2. The van der Waals surface area contributed by atoms with Crippen molar-refractivity contribution in [2.24, 2.45) is 0 Å². The van der Waals surface area contributed by atoms with E-state index in [4.69, 9.17) is 9.15 Å². The van der Waals surface area contributed by atoms with Crippen LogP contribution >= 0.6 is 0 Å². The summed E-state index contributed by atoms with van der Waals surface area (Å²) in [5, 5.41) is 14.2. The highest BCUT2D eigenvalue weighted by Crippen LogP contribution is 2.32. The van der Waals surface area contributed by atoms with Gasteiger partial charge in [0.1, 0.15) is 11.2 Å². The number of ether oxygens (including phenoxy) is 1. The molecule has 0 unspecified atom stereocenters. The molecule has 1 saturated carbocycles. The van der Waals surface area contributed by atoms with E-state index < -0.39 is 24.0 Å². The van der Waals surface area contributed by atoms with Crippen molar-refractivity contribution in [3.8, 4) is 23.2 Å². The van der Waals surface area contributed by atoms with Crippen LogP contribution in [0.15, 0.2) is 59.2 Å². The van der Waals surface area contributed by atoms with Crippen LogP contribution in [0.2, 0.25) is 0 Å². The zero-order valence-corrected chi connectivity index (χ0v) is 17.9. The summed E-state index contributed by atoms with van der Waals surface area (Å²) in [6.07, 6.45) is 5.65. The molecule has 3 aromatic rings. The van der Waals surface area contributed by atoms with E-state index in [1.54, 1.807) is 25.2 Å². The van der Waals surface area contributed by atoms with Gasteiger partial charge in [0.05, 0.1) is 18.0 Å². The lowest BCUT2D eigenvalue weighted by molar-refractivity contribution is -0.138. The molecule has 0 bridgehead atoms. The van der Waals surface area contributed by atoms with E-state index in [0.29, 0.717) is 30.0 Å². The molecular formula is C24H24N4O4. The lowest BCUT2D eigenvalue weighted by Crippen LogP contribution is -2.51. The summed E-state index contributed by atoms with van der Waals surface area (Å²) >= 11 is 0. The van der Waals surface area contributed by atoms with Crippen molar-refractivity contribution in [1.82, 2.24) is 14.7 Å². The molecule has 1 aromatic carbocycles. The second-order valence-electron chi connectivity index (χ2n) is 7.87. The number of rotatable bonds is 6. The fraction of sp³-hybridized carbons (Fsp3) is 0.333. The Kier molecular flexibility index (Phi) is 6.08. The average molecular weight is 432 g/mol. The van der Waals surface area contributed by atoms with E-state index in [1.165, 1.54) is 15.8 Å². The number of nitriles is 1. The van der Waals surface area contributed by atoms with E-state index in [0.717, 1.165) is 19.3 Å². The number of para-hydroxylation sites is 1. The number of furan rings is 1. The van der Waals surface area contributed by atoms with Crippen molar-refractivity contribution in [3.63, 3.8) is 0 Å². The summed E-state index contributed by atoms with van der Waals surface area (Å²) in [5.41, 5.74) is 0.483. The first kappa shape index (κ1) is 21.4. The van der Waals surface area contributed by atoms with Gasteiger partial charge in [-0.2, -0.15) is 10.4 Å². The fourth-order valence-electron chi connectivity index (χ4n) is 4.03. The van der Waals surface area contributed by atoms with E-state index in [2.05, 4.69) is 11.2 Å². The van der Waals surface area contributed by atoms with Gasteiger partial charge < -0.3 is 14.1 Å². The van der Waals surface area contributed by atoms with Crippen molar-refractivity contribution in [2.75, 3.05) is 13.7 Å². The largest absolute Gasteiger partial charge is 0.463 e. The van der Waals surface area contributed by atoms with Crippen LogP contribution in [-0.2, 0) is 9.53 Å². The fourth-order valence-corrected chi connectivity index (χ4v) is 4.03. The molecule has 0 saturated heterocycles. The van der Waals surface area contributed by atoms with Crippen LogP contribution in [0, 0.1) is 11.3 Å². The molecule has 1 aliphatic carbocycles. The molecule has 0 atom stereocenters. The number of hydrogen-bond acceptors (Lipinski definition) is 6. The Morgan fingerprint density at radius 1 is 1.19 bits per heavy atom. The van der Waals surface area contributed by atoms with Gasteiger partial charge in [-0.15, -0.1) is 0 Å². The zero-order chi connectivity index (χ0) is 22.6. The second-order valence-corrected chi connectivity index (χ2v) is 7.87. The number of benzene rings is 1. The molecule has 2 heterocycles. The van der Waals surface area contributed by atoms with Crippen molar-refractivity contribution < 1.29 is 18.7 Å². The van der Waals surface area contributed by atoms with Crippen molar-refractivity contribution >= 4 is 11.9 Å². The normalized spacial score (nSPS) is 15.0. The minimum Gasteiger partial charge on any atom is -0.463 e. The molecule has 0 aliphatic heterocycles. The molecule has 8 heteroatoms. The van der Waals surface area contributed by atoms with E-state index in [-0.39, 0.29) is 5.69 Å². The van der Waals surface area contributed by atoms with Gasteiger partial charge in [0.25, 0.3) is 5.91 Å². The van der Waals surface area contributed by atoms with Crippen LogP contribution in [0.3, 0.4) is 0 Å². The Balaban J connectivity index is 1.53. The number of amides is 1. The van der Waals surface area contributed by atoms with Gasteiger partial charge >= 0.3 is 5.97 Å². The molecule has 8 nitrogen and oxygen atoms in total. The SMILES string of the molecule is CN(C(=O)COC(=O)c1cc(-c2ccco2)nn1-c1ccccc1)C1(C#N)CCCCC1. The van der Waals surface area contributed by atoms with Crippen molar-refractivity contribution in [2.45, 2.75) is 37.6 Å². The molecule has 1 amide bonds. The number of likely N-dealkylation sites (N-methyl/N-ethyl adjacent to an activating group) is 1. The lowest BCUT2D eigenvalue weighted by Gasteiger charge is -2.38. The van der Waals surface area contributed by atoms with Crippen LogP contribution in [0.4, 0.5) is 0 Å². The maximum atomic E-state index is 12.9. The second kappa shape index (κ2) is 9.10. The number of hydrogen-bond donors (Lipinski definition) is 0. The van der Waals surface area contributed by atoms with E-state index >= 15 is 0 Å². The molecule has 0 spiro atoms. The first-order valence-corrected chi connectivity index (χ1v) is 10.6. The minimum atomic E-state index is -0.833. The third-order valence-electron chi connectivity index (χ3n) is 5.92. The molecule has 0 radical (unpaired) electrons. The molecule has 1 aliphatic rings. The quantitative estimate of drug-likeness (QED) is 0.546. The van der Waals surface area contributed by atoms with Crippen LogP contribution in [0.1, 0.15) is 42.6 Å². The average Bonchev–Trinajstić information content (AvgIpc) is 3.53. The number of nitrogens with zero attached hydrogens (tertiary/aromatic N) is 4. The van der Waals surface area contributed by atoms with E-state index in [1.807, 2.05) is 30.3 Å². The number of esters is 1. The molecule has 2 aromatic heterocycles. The van der Waals surface area contributed by atoms with Crippen LogP contribution < -0.4 is 0 Å². The Bertz CT molecular complexity index is 1120. The number of carbonyl (C=O) groups excluding carboxylic acids is 2. The standard InChI is InChI=1S/C24H24N4O4/c1-27(24(17-25)12-6-3-7-13-24)22(29)16-32-23(30)20-15-19(21-11-8-14-31-21)26-28(20)18-9-4-2-5-10-18/h2,4-5,8-11,14-15H,3,6-7,12-13,16H2,1H3. The molecule has 4 rings (SSSR count). The molecule has 164 valence electrons. The molecular weight excluding hydrogens is 408 g/mol. The summed E-state index contributed by atoms with van der Waals surface area (Å²) in [7, 11) is 1.61. The van der Waals surface area contributed by atoms with Gasteiger partial charge in [0.2, 0.25) is 0 Å². The first-order chi connectivity index (χ1) is 15.5. The monoisotopic (exact) mass is 432 g/mol. The van der Waals surface area contributed by atoms with E-state index in [9.17, 15) is 14.9 Å².